The van der Waals surface area contributed by atoms with Crippen molar-refractivity contribution in [3.8, 4) is 17.2 Å². The number of oxazole rings is 1. The second kappa shape index (κ2) is 10.4. The van der Waals surface area contributed by atoms with Gasteiger partial charge in [-0.05, 0) is 43.2 Å². The van der Waals surface area contributed by atoms with Crippen LogP contribution in [0.3, 0.4) is 0 Å². The molecular formula is C24H26N2O5. The van der Waals surface area contributed by atoms with Crippen LogP contribution in [0.2, 0.25) is 0 Å². The second-order valence-electron chi connectivity index (χ2n) is 7.02. The predicted octanol–water partition coefficient (Wildman–Crippen LogP) is 3.35. The molecular weight excluding hydrogens is 396 g/mol. The van der Waals surface area contributed by atoms with E-state index in [-0.39, 0.29) is 12.3 Å². The summed E-state index contributed by atoms with van der Waals surface area (Å²) >= 11 is 0. The molecule has 0 radical (unpaired) electrons. The number of methoxy groups -OCH3 is 1. The van der Waals surface area contributed by atoms with Gasteiger partial charge in [-0.1, -0.05) is 30.3 Å². The van der Waals surface area contributed by atoms with Gasteiger partial charge in [0.2, 0.25) is 11.8 Å². The van der Waals surface area contributed by atoms with Crippen LogP contribution in [0.1, 0.15) is 17.0 Å². The molecule has 2 aromatic carbocycles. The van der Waals surface area contributed by atoms with Crippen LogP contribution >= 0.6 is 0 Å². The summed E-state index contributed by atoms with van der Waals surface area (Å²) in [6.07, 6.45) is 0.873. The van der Waals surface area contributed by atoms with E-state index in [1.807, 2.05) is 61.5 Å². The molecule has 31 heavy (non-hydrogen) atoms. The monoisotopic (exact) mass is 422 g/mol. The van der Waals surface area contributed by atoms with Crippen LogP contribution in [0.4, 0.5) is 0 Å². The molecule has 7 heteroatoms. The standard InChI is InChI=1S/C24H26N2O5/c1-16-21(26-23(31-16)18-7-5-4-6-8-18)13-14-30-19-11-9-17(10-12-19)15-20(22(27)25-2)24(28)29-3/h4-12,20H,13-15H2,1-3H3,(H,25,27). The number of nitrogens with zero attached hydrogens (tertiary/aromatic N) is 1. The van der Waals surface area contributed by atoms with Crippen LogP contribution in [0.15, 0.2) is 59.0 Å². The minimum atomic E-state index is -0.879. The highest BCUT2D eigenvalue weighted by molar-refractivity contribution is 5.97. The molecule has 1 unspecified atom stereocenters. The highest BCUT2D eigenvalue weighted by Gasteiger charge is 2.26. The Kier molecular flexibility index (Phi) is 7.43. The Morgan fingerprint density at radius 3 is 2.45 bits per heavy atom. The average molecular weight is 422 g/mol. The number of aryl methyl sites for hydroxylation is 1. The molecule has 1 atom stereocenters. The summed E-state index contributed by atoms with van der Waals surface area (Å²) in [4.78, 5) is 28.4. The number of esters is 1. The fourth-order valence-corrected chi connectivity index (χ4v) is 3.19. The largest absolute Gasteiger partial charge is 0.493 e. The maximum Gasteiger partial charge on any atom is 0.318 e. The van der Waals surface area contributed by atoms with Gasteiger partial charge in [-0.25, -0.2) is 4.98 Å². The van der Waals surface area contributed by atoms with E-state index < -0.39 is 11.9 Å². The fourth-order valence-electron chi connectivity index (χ4n) is 3.19. The Morgan fingerprint density at radius 2 is 1.81 bits per heavy atom. The number of rotatable bonds is 9. The molecule has 7 nitrogen and oxygen atoms in total. The molecule has 0 aliphatic heterocycles. The lowest BCUT2D eigenvalue weighted by Crippen LogP contribution is -2.35. The summed E-state index contributed by atoms with van der Waals surface area (Å²) < 4.78 is 16.3. The summed E-state index contributed by atoms with van der Waals surface area (Å²) in [5.74, 6) is 0.274. The fraction of sp³-hybridized carbons (Fsp3) is 0.292. The van der Waals surface area contributed by atoms with Crippen molar-refractivity contribution in [2.75, 3.05) is 20.8 Å². The maximum atomic E-state index is 11.9. The van der Waals surface area contributed by atoms with Crippen molar-refractivity contribution in [3.05, 3.63) is 71.6 Å². The summed E-state index contributed by atoms with van der Waals surface area (Å²) in [5.41, 5.74) is 2.64. The van der Waals surface area contributed by atoms with Gasteiger partial charge in [0.1, 0.15) is 17.4 Å². The zero-order valence-electron chi connectivity index (χ0n) is 17.9. The van der Waals surface area contributed by atoms with E-state index in [9.17, 15) is 9.59 Å². The molecule has 0 spiro atoms. The molecule has 3 aromatic rings. The third-order valence-corrected chi connectivity index (χ3v) is 4.93. The normalized spacial score (nSPS) is 11.6. The minimum absolute atomic E-state index is 0.257. The highest BCUT2D eigenvalue weighted by atomic mass is 16.5. The lowest BCUT2D eigenvalue weighted by Gasteiger charge is -2.13. The average Bonchev–Trinajstić information content (AvgIpc) is 3.18. The van der Waals surface area contributed by atoms with Crippen LogP contribution in [-0.4, -0.2) is 37.6 Å². The molecule has 1 heterocycles. The maximum absolute atomic E-state index is 11.9. The molecule has 0 aliphatic rings. The van der Waals surface area contributed by atoms with Crippen LogP contribution in [-0.2, 0) is 27.2 Å². The number of nitrogens with one attached hydrogen (secondary N) is 1. The first-order valence-corrected chi connectivity index (χ1v) is 10.0. The van der Waals surface area contributed by atoms with E-state index in [1.54, 1.807) is 0 Å². The Morgan fingerprint density at radius 1 is 1.10 bits per heavy atom. The molecule has 1 amide bonds. The van der Waals surface area contributed by atoms with E-state index in [0.29, 0.717) is 24.7 Å². The number of carbonyl (C=O) groups excluding carboxylic acids is 2. The molecule has 0 bridgehead atoms. The number of hydrogen-bond acceptors (Lipinski definition) is 6. The van der Waals surface area contributed by atoms with Gasteiger partial charge in [-0.2, -0.15) is 0 Å². The molecule has 1 N–H and O–H groups in total. The van der Waals surface area contributed by atoms with Crippen molar-refractivity contribution in [2.45, 2.75) is 19.8 Å². The Balaban J connectivity index is 1.56. The third kappa shape index (κ3) is 5.72. The smallest absolute Gasteiger partial charge is 0.318 e. The van der Waals surface area contributed by atoms with Crippen LogP contribution in [0, 0.1) is 12.8 Å². The summed E-state index contributed by atoms with van der Waals surface area (Å²) in [6.45, 7) is 2.34. The summed E-state index contributed by atoms with van der Waals surface area (Å²) in [7, 11) is 2.77. The number of ether oxygens (including phenoxy) is 2. The number of amides is 1. The molecule has 162 valence electrons. The zero-order valence-corrected chi connectivity index (χ0v) is 17.9. The molecule has 0 aliphatic carbocycles. The topological polar surface area (TPSA) is 90.7 Å². The van der Waals surface area contributed by atoms with Crippen molar-refractivity contribution in [1.82, 2.24) is 10.3 Å². The van der Waals surface area contributed by atoms with E-state index in [0.717, 1.165) is 22.6 Å². The molecule has 0 fully saturated rings. The minimum Gasteiger partial charge on any atom is -0.493 e. The molecule has 0 saturated carbocycles. The van der Waals surface area contributed by atoms with Crippen molar-refractivity contribution in [2.24, 2.45) is 5.92 Å². The van der Waals surface area contributed by atoms with Crippen molar-refractivity contribution < 1.29 is 23.5 Å². The number of aromatic nitrogens is 1. The van der Waals surface area contributed by atoms with Gasteiger partial charge >= 0.3 is 5.97 Å². The summed E-state index contributed by atoms with van der Waals surface area (Å²) in [5, 5.41) is 2.49. The van der Waals surface area contributed by atoms with Gasteiger partial charge in [0.25, 0.3) is 0 Å². The van der Waals surface area contributed by atoms with E-state index >= 15 is 0 Å². The van der Waals surface area contributed by atoms with Crippen LogP contribution < -0.4 is 10.1 Å². The Labute approximate surface area is 181 Å². The van der Waals surface area contributed by atoms with E-state index in [1.165, 1.54) is 14.2 Å². The van der Waals surface area contributed by atoms with Gasteiger partial charge in [-0.15, -0.1) is 0 Å². The second-order valence-corrected chi connectivity index (χ2v) is 7.02. The molecule has 3 rings (SSSR count). The first-order chi connectivity index (χ1) is 15.0. The first kappa shape index (κ1) is 22.1. The van der Waals surface area contributed by atoms with Crippen LogP contribution in [0.5, 0.6) is 5.75 Å². The van der Waals surface area contributed by atoms with Gasteiger partial charge in [0.15, 0.2) is 0 Å². The van der Waals surface area contributed by atoms with Crippen LogP contribution in [0.25, 0.3) is 11.5 Å². The third-order valence-electron chi connectivity index (χ3n) is 4.93. The Bertz CT molecular complexity index is 996. The lowest BCUT2D eigenvalue weighted by atomic mass is 9.98. The van der Waals surface area contributed by atoms with E-state index in [2.05, 4.69) is 10.3 Å². The predicted molar refractivity (Wildman–Crippen MR) is 116 cm³/mol. The van der Waals surface area contributed by atoms with Crippen molar-refractivity contribution in [3.63, 3.8) is 0 Å². The number of hydrogen-bond donors (Lipinski definition) is 1. The molecule has 1 aromatic heterocycles. The molecule has 0 saturated heterocycles. The Hall–Kier alpha value is -3.61. The zero-order chi connectivity index (χ0) is 22.2. The van der Waals surface area contributed by atoms with Gasteiger partial charge in [-0.3, -0.25) is 9.59 Å². The highest BCUT2D eigenvalue weighted by Crippen LogP contribution is 2.22. The van der Waals surface area contributed by atoms with E-state index in [4.69, 9.17) is 13.9 Å². The van der Waals surface area contributed by atoms with Gasteiger partial charge in [0, 0.05) is 19.0 Å². The summed E-state index contributed by atoms with van der Waals surface area (Å²) in [6, 6.07) is 17.1. The van der Waals surface area contributed by atoms with Crippen molar-refractivity contribution in [1.29, 1.82) is 0 Å². The quantitative estimate of drug-likeness (QED) is 0.420. The number of benzene rings is 2. The van der Waals surface area contributed by atoms with Gasteiger partial charge in [0.05, 0.1) is 19.4 Å². The first-order valence-electron chi connectivity index (χ1n) is 10.0. The van der Waals surface area contributed by atoms with Gasteiger partial charge < -0.3 is 19.2 Å². The van der Waals surface area contributed by atoms with Crippen molar-refractivity contribution >= 4 is 11.9 Å². The lowest BCUT2D eigenvalue weighted by molar-refractivity contribution is -0.149. The number of carbonyl (C=O) groups is 2. The SMILES string of the molecule is CNC(=O)C(Cc1ccc(OCCc2nc(-c3ccccc3)oc2C)cc1)C(=O)OC.